The van der Waals surface area contributed by atoms with E-state index in [1.165, 1.54) is 18.9 Å². The molecule has 0 fully saturated rings. The fraction of sp³-hybridized carbons (Fsp3) is 0.227. The smallest absolute Gasteiger partial charge is 0.289 e. The number of nitrogens with zero attached hydrogens (tertiary/aromatic N) is 2. The first kappa shape index (κ1) is 20.9. The van der Waals surface area contributed by atoms with Crippen LogP contribution < -0.4 is 19.6 Å². The van der Waals surface area contributed by atoms with E-state index in [0.29, 0.717) is 34.2 Å². The number of aryl methyl sites for hydroxylation is 2. The first-order valence-electron chi connectivity index (χ1n) is 9.23. The van der Waals surface area contributed by atoms with Gasteiger partial charge in [0.1, 0.15) is 11.4 Å². The molecule has 0 atom stereocenters. The Labute approximate surface area is 174 Å². The SMILES string of the molecule is COc1cc(OC)c(OC)cc1/C=N\NC(=O)c1cc(-c2ccc(C)c(C)c2)n[nH]1. The molecule has 1 heterocycles. The van der Waals surface area contributed by atoms with Gasteiger partial charge in [0.05, 0.1) is 33.2 Å². The van der Waals surface area contributed by atoms with Crippen molar-refractivity contribution in [1.29, 1.82) is 0 Å². The molecule has 1 amide bonds. The van der Waals surface area contributed by atoms with Gasteiger partial charge in [-0.15, -0.1) is 0 Å². The molecule has 8 nitrogen and oxygen atoms in total. The summed E-state index contributed by atoms with van der Waals surface area (Å²) in [6, 6.07) is 11.1. The van der Waals surface area contributed by atoms with Gasteiger partial charge in [-0.1, -0.05) is 12.1 Å². The fourth-order valence-electron chi connectivity index (χ4n) is 2.86. The third-order valence-electron chi connectivity index (χ3n) is 4.73. The minimum atomic E-state index is -0.409. The number of aromatic amines is 1. The Hall–Kier alpha value is -3.81. The second-order valence-electron chi connectivity index (χ2n) is 6.61. The summed E-state index contributed by atoms with van der Waals surface area (Å²) in [5.74, 6) is 1.18. The third kappa shape index (κ3) is 4.43. The normalized spacial score (nSPS) is 10.8. The number of nitrogens with one attached hydrogen (secondary N) is 2. The number of carbonyl (C=O) groups is 1. The summed E-state index contributed by atoms with van der Waals surface area (Å²) >= 11 is 0. The van der Waals surface area contributed by atoms with Gasteiger partial charge in [-0.25, -0.2) is 5.43 Å². The number of amides is 1. The van der Waals surface area contributed by atoms with E-state index in [1.54, 1.807) is 32.4 Å². The molecule has 0 aliphatic carbocycles. The standard InChI is InChI=1S/C22H24N4O4/c1-13-6-7-15(8-14(13)2)17-10-18(25-24-17)22(27)26-23-12-16-9-20(29-4)21(30-5)11-19(16)28-3/h6-12H,1-5H3,(H,24,25)(H,26,27)/b23-12-. The number of ether oxygens (including phenoxy) is 3. The lowest BCUT2D eigenvalue weighted by atomic mass is 10.0. The molecular weight excluding hydrogens is 384 g/mol. The van der Waals surface area contributed by atoms with E-state index < -0.39 is 5.91 Å². The lowest BCUT2D eigenvalue weighted by Gasteiger charge is -2.11. The number of hydrogen-bond acceptors (Lipinski definition) is 6. The minimum absolute atomic E-state index is 0.305. The Morgan fingerprint density at radius 2 is 1.67 bits per heavy atom. The Balaban J connectivity index is 1.74. The highest BCUT2D eigenvalue weighted by molar-refractivity contribution is 5.94. The van der Waals surface area contributed by atoms with Crippen LogP contribution in [0.4, 0.5) is 0 Å². The molecule has 156 valence electrons. The van der Waals surface area contributed by atoms with E-state index in [4.69, 9.17) is 14.2 Å². The number of benzene rings is 2. The van der Waals surface area contributed by atoms with Crippen LogP contribution in [-0.4, -0.2) is 43.6 Å². The third-order valence-corrected chi connectivity index (χ3v) is 4.73. The molecular formula is C22H24N4O4. The second-order valence-corrected chi connectivity index (χ2v) is 6.61. The zero-order valence-electron chi connectivity index (χ0n) is 17.6. The largest absolute Gasteiger partial charge is 0.496 e. The molecule has 3 rings (SSSR count). The zero-order chi connectivity index (χ0) is 21.7. The van der Waals surface area contributed by atoms with Gasteiger partial charge < -0.3 is 14.2 Å². The van der Waals surface area contributed by atoms with E-state index in [9.17, 15) is 4.79 Å². The highest BCUT2D eigenvalue weighted by Crippen LogP contribution is 2.33. The quantitative estimate of drug-likeness (QED) is 0.461. The first-order chi connectivity index (χ1) is 14.5. The van der Waals surface area contributed by atoms with Gasteiger partial charge in [-0.2, -0.15) is 10.2 Å². The molecule has 0 bridgehead atoms. The Bertz CT molecular complexity index is 1090. The Kier molecular flexibility index (Phi) is 6.36. The van der Waals surface area contributed by atoms with E-state index >= 15 is 0 Å². The van der Waals surface area contributed by atoms with Crippen LogP contribution >= 0.6 is 0 Å². The van der Waals surface area contributed by atoms with Crippen molar-refractivity contribution in [1.82, 2.24) is 15.6 Å². The maximum atomic E-state index is 12.4. The second kappa shape index (κ2) is 9.13. The van der Waals surface area contributed by atoms with Crippen LogP contribution in [0.5, 0.6) is 17.2 Å². The minimum Gasteiger partial charge on any atom is -0.496 e. The molecule has 2 N–H and O–H groups in total. The summed E-state index contributed by atoms with van der Waals surface area (Å²) in [6.07, 6.45) is 1.47. The lowest BCUT2D eigenvalue weighted by molar-refractivity contribution is 0.0950. The molecule has 0 aliphatic heterocycles. The molecule has 2 aromatic carbocycles. The lowest BCUT2D eigenvalue weighted by Crippen LogP contribution is -2.18. The summed E-state index contributed by atoms with van der Waals surface area (Å²) in [4.78, 5) is 12.4. The Morgan fingerprint density at radius 3 is 2.33 bits per heavy atom. The molecule has 0 radical (unpaired) electrons. The Morgan fingerprint density at radius 1 is 0.967 bits per heavy atom. The summed E-state index contributed by atoms with van der Waals surface area (Å²) in [5, 5.41) is 11.0. The predicted octanol–water partition coefficient (Wildman–Crippen LogP) is 3.48. The first-order valence-corrected chi connectivity index (χ1v) is 9.23. The van der Waals surface area contributed by atoms with E-state index in [-0.39, 0.29) is 0 Å². The molecule has 0 spiro atoms. The van der Waals surface area contributed by atoms with Crippen molar-refractivity contribution in [3.05, 3.63) is 58.8 Å². The van der Waals surface area contributed by atoms with E-state index in [0.717, 1.165) is 11.1 Å². The molecule has 0 saturated heterocycles. The number of hydrazone groups is 1. The molecule has 1 aromatic heterocycles. The van der Waals surface area contributed by atoms with Crippen molar-refractivity contribution in [3.8, 4) is 28.5 Å². The van der Waals surface area contributed by atoms with Crippen molar-refractivity contribution in [2.75, 3.05) is 21.3 Å². The van der Waals surface area contributed by atoms with Crippen LogP contribution in [0, 0.1) is 13.8 Å². The highest BCUT2D eigenvalue weighted by Gasteiger charge is 2.12. The van der Waals surface area contributed by atoms with Crippen molar-refractivity contribution in [2.45, 2.75) is 13.8 Å². The number of H-pyrrole nitrogens is 1. The van der Waals surface area contributed by atoms with Crippen LogP contribution in [0.25, 0.3) is 11.3 Å². The average Bonchev–Trinajstić information content (AvgIpc) is 3.25. The highest BCUT2D eigenvalue weighted by atomic mass is 16.5. The monoisotopic (exact) mass is 408 g/mol. The molecule has 0 aliphatic rings. The summed E-state index contributed by atoms with van der Waals surface area (Å²) < 4.78 is 15.9. The van der Waals surface area contributed by atoms with Gasteiger partial charge in [0.2, 0.25) is 0 Å². The van der Waals surface area contributed by atoms with E-state index in [2.05, 4.69) is 20.7 Å². The van der Waals surface area contributed by atoms with Crippen LogP contribution in [0.15, 0.2) is 41.5 Å². The van der Waals surface area contributed by atoms with Gasteiger partial charge in [-0.3, -0.25) is 9.89 Å². The molecule has 3 aromatic rings. The predicted molar refractivity (Wildman–Crippen MR) is 115 cm³/mol. The molecule has 0 saturated carbocycles. The van der Waals surface area contributed by atoms with Gasteiger partial charge in [0.25, 0.3) is 5.91 Å². The van der Waals surface area contributed by atoms with Crippen LogP contribution in [0.1, 0.15) is 27.2 Å². The van der Waals surface area contributed by atoms with Gasteiger partial charge in [-0.05, 0) is 43.2 Å². The van der Waals surface area contributed by atoms with Crippen molar-refractivity contribution in [3.63, 3.8) is 0 Å². The van der Waals surface area contributed by atoms with Crippen LogP contribution in [0.2, 0.25) is 0 Å². The van der Waals surface area contributed by atoms with Crippen molar-refractivity contribution >= 4 is 12.1 Å². The maximum Gasteiger partial charge on any atom is 0.289 e. The summed E-state index contributed by atoms with van der Waals surface area (Å²) in [7, 11) is 4.62. The van der Waals surface area contributed by atoms with E-state index in [1.807, 2.05) is 32.0 Å². The van der Waals surface area contributed by atoms with Crippen LogP contribution in [0.3, 0.4) is 0 Å². The van der Waals surface area contributed by atoms with Crippen molar-refractivity contribution in [2.24, 2.45) is 5.10 Å². The number of methoxy groups -OCH3 is 3. The number of rotatable bonds is 7. The van der Waals surface area contributed by atoms with Gasteiger partial charge >= 0.3 is 0 Å². The number of aromatic nitrogens is 2. The molecule has 30 heavy (non-hydrogen) atoms. The summed E-state index contributed by atoms with van der Waals surface area (Å²) in [5.41, 5.74) is 7.40. The molecule has 0 unspecified atom stereocenters. The number of carbonyl (C=O) groups excluding carboxylic acids is 1. The zero-order valence-corrected chi connectivity index (χ0v) is 17.6. The average molecular weight is 408 g/mol. The molecule has 8 heteroatoms. The summed E-state index contributed by atoms with van der Waals surface area (Å²) in [6.45, 7) is 4.09. The van der Waals surface area contributed by atoms with Gasteiger partial charge in [0, 0.05) is 17.2 Å². The fourth-order valence-corrected chi connectivity index (χ4v) is 2.86. The van der Waals surface area contributed by atoms with Gasteiger partial charge in [0.15, 0.2) is 11.5 Å². The topological polar surface area (TPSA) is 97.8 Å². The maximum absolute atomic E-state index is 12.4. The van der Waals surface area contributed by atoms with Crippen molar-refractivity contribution < 1.29 is 19.0 Å². The van der Waals surface area contributed by atoms with Crippen LogP contribution in [-0.2, 0) is 0 Å². The number of hydrogen-bond donors (Lipinski definition) is 2.